The van der Waals surface area contributed by atoms with Crippen LogP contribution >= 0.6 is 15.9 Å². The number of ether oxygens (including phenoxy) is 1. The van der Waals surface area contributed by atoms with E-state index < -0.39 is 5.60 Å². The van der Waals surface area contributed by atoms with Crippen LogP contribution in [0.1, 0.15) is 46.2 Å². The molecular formula is C17H26BrN3O2. The Hall–Kier alpha value is -1.30. The number of carbonyl (C=O) groups excluding carboxylic acids is 1. The lowest BCUT2D eigenvalue weighted by molar-refractivity contribution is 0.0494. The highest BCUT2D eigenvalue weighted by atomic mass is 79.9. The van der Waals surface area contributed by atoms with Crippen LogP contribution in [0.2, 0.25) is 0 Å². The number of hydrogen-bond donors (Lipinski definition) is 1. The fourth-order valence-corrected chi connectivity index (χ4v) is 3.03. The van der Waals surface area contributed by atoms with Crippen molar-refractivity contribution in [3.8, 4) is 0 Å². The van der Waals surface area contributed by atoms with Crippen LogP contribution in [-0.2, 0) is 4.74 Å². The molecule has 0 radical (unpaired) electrons. The maximum absolute atomic E-state index is 11.9. The van der Waals surface area contributed by atoms with Crippen LogP contribution in [0.4, 0.5) is 10.6 Å². The third-order valence-corrected chi connectivity index (χ3v) is 4.74. The third-order valence-electron chi connectivity index (χ3n) is 3.90. The van der Waals surface area contributed by atoms with E-state index in [1.54, 1.807) is 0 Å². The van der Waals surface area contributed by atoms with E-state index in [1.165, 1.54) is 0 Å². The quantitative estimate of drug-likeness (QED) is 0.837. The minimum Gasteiger partial charge on any atom is -0.444 e. The van der Waals surface area contributed by atoms with E-state index in [1.807, 2.05) is 39.8 Å². The van der Waals surface area contributed by atoms with Gasteiger partial charge >= 0.3 is 6.09 Å². The first-order valence-corrected chi connectivity index (χ1v) is 8.84. The van der Waals surface area contributed by atoms with Gasteiger partial charge in [0.1, 0.15) is 11.4 Å². The second kappa shape index (κ2) is 7.07. The molecule has 1 aromatic rings. The van der Waals surface area contributed by atoms with Crippen molar-refractivity contribution in [2.24, 2.45) is 0 Å². The van der Waals surface area contributed by atoms with Crippen molar-refractivity contribution < 1.29 is 9.53 Å². The minimum absolute atomic E-state index is 0.146. The molecule has 1 aliphatic heterocycles. The van der Waals surface area contributed by atoms with Gasteiger partial charge in [-0.1, -0.05) is 0 Å². The summed E-state index contributed by atoms with van der Waals surface area (Å²) in [5, 5.41) is 2.98. The molecule has 128 valence electrons. The maximum Gasteiger partial charge on any atom is 0.407 e. The van der Waals surface area contributed by atoms with Crippen LogP contribution in [0.25, 0.3) is 0 Å². The molecule has 1 amide bonds. The lowest BCUT2D eigenvalue weighted by atomic mass is 9.98. The number of piperidine rings is 1. The van der Waals surface area contributed by atoms with Crippen LogP contribution in [0.15, 0.2) is 16.6 Å². The number of nitrogens with zero attached hydrogens (tertiary/aromatic N) is 2. The number of halogens is 1. The number of aryl methyl sites for hydroxylation is 1. The van der Waals surface area contributed by atoms with Crippen molar-refractivity contribution in [2.45, 2.75) is 65.1 Å². The van der Waals surface area contributed by atoms with Crippen molar-refractivity contribution in [3.05, 3.63) is 22.3 Å². The highest BCUT2D eigenvalue weighted by molar-refractivity contribution is 9.10. The molecule has 23 heavy (non-hydrogen) atoms. The lowest BCUT2D eigenvalue weighted by Gasteiger charge is -2.39. The molecule has 6 heteroatoms. The molecule has 2 heterocycles. The summed E-state index contributed by atoms with van der Waals surface area (Å²) in [5.74, 6) is 0.994. The molecule has 1 aliphatic rings. The Morgan fingerprint density at radius 2 is 2.13 bits per heavy atom. The van der Waals surface area contributed by atoms with Gasteiger partial charge in [0, 0.05) is 23.1 Å². The first kappa shape index (κ1) is 18.0. The largest absolute Gasteiger partial charge is 0.444 e. The minimum atomic E-state index is -0.463. The van der Waals surface area contributed by atoms with Crippen molar-refractivity contribution >= 4 is 27.8 Å². The zero-order chi connectivity index (χ0) is 17.2. The second-order valence-corrected chi connectivity index (χ2v) is 8.00. The Balaban J connectivity index is 1.94. The molecule has 2 rings (SSSR count). The summed E-state index contributed by atoms with van der Waals surface area (Å²) in [4.78, 5) is 18.8. The smallest absolute Gasteiger partial charge is 0.407 e. The highest BCUT2D eigenvalue weighted by Crippen LogP contribution is 2.26. The zero-order valence-corrected chi connectivity index (χ0v) is 16.1. The average molecular weight is 384 g/mol. The molecule has 2 atom stereocenters. The van der Waals surface area contributed by atoms with Gasteiger partial charge in [0.05, 0.1) is 5.69 Å². The van der Waals surface area contributed by atoms with Crippen molar-refractivity contribution in [1.82, 2.24) is 10.3 Å². The van der Waals surface area contributed by atoms with Crippen molar-refractivity contribution in [3.63, 3.8) is 0 Å². The summed E-state index contributed by atoms with van der Waals surface area (Å²) < 4.78 is 6.36. The second-order valence-electron chi connectivity index (χ2n) is 7.15. The average Bonchev–Trinajstić information content (AvgIpc) is 2.40. The first-order valence-electron chi connectivity index (χ1n) is 8.05. The molecular weight excluding hydrogens is 358 g/mol. The van der Waals surface area contributed by atoms with Gasteiger partial charge in [0.15, 0.2) is 0 Å². The van der Waals surface area contributed by atoms with Crippen LogP contribution in [0, 0.1) is 6.92 Å². The molecule has 1 saturated heterocycles. The Kier molecular flexibility index (Phi) is 5.55. The van der Waals surface area contributed by atoms with Gasteiger partial charge in [-0.25, -0.2) is 9.78 Å². The molecule has 1 N–H and O–H groups in total. The number of carbonyl (C=O) groups is 1. The maximum atomic E-state index is 11.9. The van der Waals surface area contributed by atoms with Crippen LogP contribution < -0.4 is 10.2 Å². The molecule has 0 bridgehead atoms. The van der Waals surface area contributed by atoms with Gasteiger partial charge in [-0.3, -0.25) is 0 Å². The van der Waals surface area contributed by atoms with Crippen molar-refractivity contribution in [1.29, 1.82) is 0 Å². The summed E-state index contributed by atoms with van der Waals surface area (Å²) in [6.45, 7) is 10.7. The molecule has 0 saturated carbocycles. The Morgan fingerprint density at radius 1 is 1.43 bits per heavy atom. The molecule has 5 nitrogen and oxygen atoms in total. The standard InChI is InChI=1S/C17H26BrN3O2/c1-11-10-13(20-16(22)23-17(3,4)5)8-9-21(11)15-7-6-14(18)12(2)19-15/h6-7,11,13H,8-10H2,1-5H3,(H,20,22). The Bertz CT molecular complexity index is 571. The Labute approximate surface area is 146 Å². The van der Waals surface area contributed by atoms with E-state index in [4.69, 9.17) is 4.74 Å². The van der Waals surface area contributed by atoms with Gasteiger partial charge in [-0.2, -0.15) is 0 Å². The number of alkyl carbamates (subject to hydrolysis) is 1. The van der Waals surface area contributed by atoms with E-state index in [2.05, 4.69) is 38.1 Å². The molecule has 1 fully saturated rings. The monoisotopic (exact) mass is 383 g/mol. The number of aromatic nitrogens is 1. The summed E-state index contributed by atoms with van der Waals surface area (Å²) in [7, 11) is 0. The van der Waals surface area contributed by atoms with E-state index in [-0.39, 0.29) is 12.1 Å². The normalized spacial score (nSPS) is 21.9. The molecule has 0 spiro atoms. The van der Waals surface area contributed by atoms with E-state index >= 15 is 0 Å². The number of rotatable bonds is 2. The third kappa shape index (κ3) is 5.09. The van der Waals surface area contributed by atoms with Gasteiger partial charge in [0.2, 0.25) is 0 Å². The van der Waals surface area contributed by atoms with E-state index in [9.17, 15) is 4.79 Å². The summed E-state index contributed by atoms with van der Waals surface area (Å²) in [6, 6.07) is 4.54. The van der Waals surface area contributed by atoms with Gasteiger partial charge in [-0.15, -0.1) is 0 Å². The predicted octanol–water partition coefficient (Wildman–Crippen LogP) is 4.03. The van der Waals surface area contributed by atoms with Gasteiger partial charge in [0.25, 0.3) is 0 Å². The van der Waals surface area contributed by atoms with Gasteiger partial charge in [-0.05, 0) is 75.5 Å². The summed E-state index contributed by atoms with van der Waals surface area (Å²) in [5.41, 5.74) is 0.527. The molecule has 1 aromatic heterocycles. The van der Waals surface area contributed by atoms with Crippen LogP contribution in [-0.4, -0.2) is 35.3 Å². The molecule has 0 aliphatic carbocycles. The number of nitrogens with one attached hydrogen (secondary N) is 1. The van der Waals surface area contributed by atoms with E-state index in [0.29, 0.717) is 6.04 Å². The lowest BCUT2D eigenvalue weighted by Crippen LogP contribution is -2.50. The Morgan fingerprint density at radius 3 is 2.70 bits per heavy atom. The number of anilines is 1. The van der Waals surface area contributed by atoms with Crippen molar-refractivity contribution in [2.75, 3.05) is 11.4 Å². The van der Waals surface area contributed by atoms with E-state index in [0.717, 1.165) is 35.4 Å². The van der Waals surface area contributed by atoms with Crippen LogP contribution in [0.3, 0.4) is 0 Å². The van der Waals surface area contributed by atoms with Gasteiger partial charge < -0.3 is 15.0 Å². The zero-order valence-electron chi connectivity index (χ0n) is 14.5. The summed E-state index contributed by atoms with van der Waals surface area (Å²) >= 11 is 3.49. The molecule has 0 aromatic carbocycles. The number of pyridine rings is 1. The predicted molar refractivity (Wildman–Crippen MR) is 95.9 cm³/mol. The van der Waals surface area contributed by atoms with Crippen LogP contribution in [0.5, 0.6) is 0 Å². The molecule has 2 unspecified atom stereocenters. The first-order chi connectivity index (χ1) is 10.7. The SMILES string of the molecule is Cc1nc(N2CCC(NC(=O)OC(C)(C)C)CC2C)ccc1Br. The number of amides is 1. The summed E-state index contributed by atoms with van der Waals surface area (Å²) in [6.07, 6.45) is 1.44. The highest BCUT2D eigenvalue weighted by Gasteiger charge is 2.28. The topological polar surface area (TPSA) is 54.5 Å². The number of hydrogen-bond acceptors (Lipinski definition) is 4. The fraction of sp³-hybridized carbons (Fsp3) is 0.647. The fourth-order valence-electron chi connectivity index (χ4n) is 2.81.